The minimum Gasteiger partial charge on any atom is -0.457 e. The average molecular weight is 687 g/mol. The Kier molecular flexibility index (Phi) is 10.3. The molecule has 0 aliphatic carbocycles. The molecule has 7 nitrogen and oxygen atoms in total. The van der Waals surface area contributed by atoms with Crippen molar-refractivity contribution < 1.29 is 18.8 Å². The molecule has 5 rings (SSSR count). The van der Waals surface area contributed by atoms with Crippen molar-refractivity contribution in [3.8, 4) is 11.3 Å². The van der Waals surface area contributed by atoms with E-state index in [1.807, 2.05) is 24.3 Å². The van der Waals surface area contributed by atoms with E-state index in [-0.39, 0.29) is 17.4 Å². The molecule has 3 N–H and O–H groups in total. The SMILES string of the molecule is O=C(CSc1ccc(NC(=O)/C(=C/c2ccc(-c3ccc(Br)cc3)o2)NC(=O)c2ccccc2)cc1)Nc1ccccc1Cl. The quantitative estimate of drug-likeness (QED) is 0.101. The van der Waals surface area contributed by atoms with E-state index in [0.717, 1.165) is 14.9 Å². The first kappa shape index (κ1) is 30.9. The summed E-state index contributed by atoms with van der Waals surface area (Å²) in [6.07, 6.45) is 1.49. The molecule has 4 aromatic carbocycles. The standard InChI is InChI=1S/C34H25BrClN3O4S/c35-24-12-10-22(11-13-24)31-19-16-26(43-31)20-30(39-33(41)23-6-2-1-3-7-23)34(42)37-25-14-17-27(18-15-25)44-21-32(40)38-29-9-5-4-8-28(29)36/h1-20H,21H2,(H,37,42)(H,38,40)(H,39,41)/b30-20-. The fourth-order valence-corrected chi connectivity index (χ4v) is 5.16. The lowest BCUT2D eigenvalue weighted by atomic mass is 10.2. The first-order valence-electron chi connectivity index (χ1n) is 13.4. The van der Waals surface area contributed by atoms with Crippen molar-refractivity contribution in [1.82, 2.24) is 5.32 Å². The van der Waals surface area contributed by atoms with Crippen molar-refractivity contribution in [1.29, 1.82) is 0 Å². The van der Waals surface area contributed by atoms with E-state index in [0.29, 0.717) is 33.5 Å². The number of hydrogen-bond donors (Lipinski definition) is 3. The van der Waals surface area contributed by atoms with Crippen LogP contribution in [0.3, 0.4) is 0 Å². The fraction of sp³-hybridized carbons (Fsp3) is 0.0294. The van der Waals surface area contributed by atoms with Crippen LogP contribution in [0.5, 0.6) is 0 Å². The van der Waals surface area contributed by atoms with Crippen LogP contribution < -0.4 is 16.0 Å². The van der Waals surface area contributed by atoms with Gasteiger partial charge >= 0.3 is 0 Å². The van der Waals surface area contributed by atoms with Gasteiger partial charge in [-0.3, -0.25) is 14.4 Å². The third kappa shape index (κ3) is 8.50. The highest BCUT2D eigenvalue weighted by Crippen LogP contribution is 2.26. The van der Waals surface area contributed by atoms with Gasteiger partial charge < -0.3 is 20.4 Å². The van der Waals surface area contributed by atoms with Crippen LogP contribution >= 0.6 is 39.3 Å². The maximum Gasteiger partial charge on any atom is 0.272 e. The summed E-state index contributed by atoms with van der Waals surface area (Å²) in [7, 11) is 0. The smallest absolute Gasteiger partial charge is 0.272 e. The Hall–Kier alpha value is -4.57. The normalized spacial score (nSPS) is 11.1. The third-order valence-corrected chi connectivity index (χ3v) is 8.07. The monoisotopic (exact) mass is 685 g/mol. The predicted molar refractivity (Wildman–Crippen MR) is 180 cm³/mol. The van der Waals surface area contributed by atoms with E-state index in [4.69, 9.17) is 16.0 Å². The summed E-state index contributed by atoms with van der Waals surface area (Å²) in [5.41, 5.74) is 2.34. The van der Waals surface area contributed by atoms with Crippen LogP contribution in [-0.2, 0) is 9.59 Å². The Morgan fingerprint density at radius 1 is 0.795 bits per heavy atom. The van der Waals surface area contributed by atoms with Crippen LogP contribution in [0, 0.1) is 0 Å². The molecule has 0 unspecified atom stereocenters. The molecular formula is C34H25BrClN3O4S. The number of rotatable bonds is 10. The second-order valence-electron chi connectivity index (χ2n) is 9.38. The van der Waals surface area contributed by atoms with Crippen molar-refractivity contribution >= 4 is 74.5 Å². The molecule has 0 saturated carbocycles. The lowest BCUT2D eigenvalue weighted by Crippen LogP contribution is -2.30. The van der Waals surface area contributed by atoms with Crippen LogP contribution in [0.25, 0.3) is 17.4 Å². The average Bonchev–Trinajstić information content (AvgIpc) is 3.51. The highest BCUT2D eigenvalue weighted by atomic mass is 79.9. The molecular weight excluding hydrogens is 662 g/mol. The van der Waals surface area contributed by atoms with Crippen molar-refractivity contribution in [2.24, 2.45) is 0 Å². The van der Waals surface area contributed by atoms with Gasteiger partial charge in [0.25, 0.3) is 11.8 Å². The largest absolute Gasteiger partial charge is 0.457 e. The third-order valence-electron chi connectivity index (χ3n) is 6.20. The van der Waals surface area contributed by atoms with Crippen LogP contribution in [0.1, 0.15) is 16.1 Å². The number of hydrogen-bond acceptors (Lipinski definition) is 5. The number of thioether (sulfide) groups is 1. The molecule has 0 radical (unpaired) electrons. The summed E-state index contributed by atoms with van der Waals surface area (Å²) in [6.45, 7) is 0. The second kappa shape index (κ2) is 14.7. The summed E-state index contributed by atoms with van der Waals surface area (Å²) in [5.74, 6) is 0.0325. The molecule has 0 spiro atoms. The van der Waals surface area contributed by atoms with Crippen molar-refractivity contribution in [3.63, 3.8) is 0 Å². The topological polar surface area (TPSA) is 100 Å². The molecule has 220 valence electrons. The minimum absolute atomic E-state index is 0.00487. The van der Waals surface area contributed by atoms with Gasteiger partial charge in [-0.2, -0.15) is 0 Å². The number of anilines is 2. The summed E-state index contributed by atoms with van der Waals surface area (Å²) in [6, 6.07) is 33.9. The van der Waals surface area contributed by atoms with Gasteiger partial charge in [0.1, 0.15) is 17.2 Å². The number of para-hydroxylation sites is 1. The van der Waals surface area contributed by atoms with E-state index in [9.17, 15) is 14.4 Å². The first-order chi connectivity index (χ1) is 21.3. The van der Waals surface area contributed by atoms with E-state index >= 15 is 0 Å². The van der Waals surface area contributed by atoms with Crippen LogP contribution in [0.4, 0.5) is 11.4 Å². The number of carbonyl (C=O) groups excluding carboxylic acids is 3. The molecule has 0 atom stereocenters. The first-order valence-corrected chi connectivity index (χ1v) is 15.5. The Labute approximate surface area is 271 Å². The highest BCUT2D eigenvalue weighted by Gasteiger charge is 2.17. The van der Waals surface area contributed by atoms with Crippen LogP contribution in [0.15, 0.2) is 135 Å². The lowest BCUT2D eigenvalue weighted by Gasteiger charge is -2.11. The maximum absolute atomic E-state index is 13.4. The van der Waals surface area contributed by atoms with E-state index in [2.05, 4.69) is 31.9 Å². The molecule has 44 heavy (non-hydrogen) atoms. The lowest BCUT2D eigenvalue weighted by molar-refractivity contribution is -0.114. The van der Waals surface area contributed by atoms with Crippen molar-refractivity contribution in [2.75, 3.05) is 16.4 Å². The van der Waals surface area contributed by atoms with Gasteiger partial charge in [0.05, 0.1) is 16.5 Å². The molecule has 0 aliphatic heterocycles. The molecule has 0 bridgehead atoms. The number of benzene rings is 4. The number of furan rings is 1. The molecule has 0 saturated heterocycles. The number of amides is 3. The van der Waals surface area contributed by atoms with Crippen molar-refractivity contribution in [3.05, 3.63) is 142 Å². The number of nitrogens with one attached hydrogen (secondary N) is 3. The molecule has 1 aromatic heterocycles. The van der Waals surface area contributed by atoms with Gasteiger partial charge in [-0.1, -0.05) is 70.0 Å². The zero-order valence-electron chi connectivity index (χ0n) is 23.1. The molecule has 0 aliphatic rings. The van der Waals surface area contributed by atoms with Gasteiger partial charge in [0.15, 0.2) is 0 Å². The Morgan fingerprint density at radius 2 is 1.50 bits per heavy atom. The second-order valence-corrected chi connectivity index (χ2v) is 11.8. The zero-order chi connectivity index (χ0) is 30.9. The van der Waals surface area contributed by atoms with Gasteiger partial charge in [0.2, 0.25) is 5.91 Å². The maximum atomic E-state index is 13.4. The molecule has 5 aromatic rings. The Balaban J connectivity index is 1.27. The summed E-state index contributed by atoms with van der Waals surface area (Å²) in [5, 5.41) is 8.80. The molecule has 0 fully saturated rings. The molecule has 3 amide bonds. The number of halogens is 2. The minimum atomic E-state index is -0.532. The van der Waals surface area contributed by atoms with Gasteiger partial charge in [-0.25, -0.2) is 0 Å². The van der Waals surface area contributed by atoms with E-state index < -0.39 is 11.8 Å². The van der Waals surface area contributed by atoms with E-state index in [1.165, 1.54) is 17.8 Å². The predicted octanol–water partition coefficient (Wildman–Crippen LogP) is 8.50. The van der Waals surface area contributed by atoms with Crippen molar-refractivity contribution in [2.45, 2.75) is 4.90 Å². The zero-order valence-corrected chi connectivity index (χ0v) is 26.2. The molecule has 1 heterocycles. The fourth-order valence-electron chi connectivity index (χ4n) is 4.02. The molecule has 10 heteroatoms. The highest BCUT2D eigenvalue weighted by molar-refractivity contribution is 9.10. The number of carbonyl (C=O) groups is 3. The van der Waals surface area contributed by atoms with Gasteiger partial charge in [-0.15, -0.1) is 11.8 Å². The Morgan fingerprint density at radius 3 is 2.23 bits per heavy atom. The summed E-state index contributed by atoms with van der Waals surface area (Å²) >= 11 is 10.9. The van der Waals surface area contributed by atoms with E-state index in [1.54, 1.807) is 91.0 Å². The van der Waals surface area contributed by atoms with Gasteiger partial charge in [-0.05, 0) is 72.8 Å². The summed E-state index contributed by atoms with van der Waals surface area (Å²) < 4.78 is 6.91. The Bertz CT molecular complexity index is 1810. The van der Waals surface area contributed by atoms with Crippen LogP contribution in [-0.4, -0.2) is 23.5 Å². The summed E-state index contributed by atoms with van der Waals surface area (Å²) in [4.78, 5) is 39.5. The van der Waals surface area contributed by atoms with Crippen LogP contribution in [0.2, 0.25) is 5.02 Å². The van der Waals surface area contributed by atoms with Gasteiger partial charge in [0, 0.05) is 32.3 Å².